The molecule has 0 fully saturated rings. The van der Waals surface area contributed by atoms with Crippen LogP contribution in [0.3, 0.4) is 0 Å². The predicted octanol–water partition coefficient (Wildman–Crippen LogP) is 11.4. The molecule has 6 unspecified atom stereocenters. The number of hydrogen-bond acceptors (Lipinski definition) is 2. The summed E-state index contributed by atoms with van der Waals surface area (Å²) in [6.45, 7) is 22.4. The van der Waals surface area contributed by atoms with Crippen LogP contribution in [0.1, 0.15) is 185 Å². The van der Waals surface area contributed by atoms with Crippen molar-refractivity contribution in [2.24, 2.45) is 35.5 Å². The molecule has 0 amide bonds. The normalized spacial score (nSPS) is 18.1. The van der Waals surface area contributed by atoms with Crippen LogP contribution in [0.2, 0.25) is 0 Å². The quantitative estimate of drug-likeness (QED) is 0.115. The molecule has 0 bridgehead atoms. The highest BCUT2D eigenvalue weighted by Gasteiger charge is 2.21. The van der Waals surface area contributed by atoms with Crippen molar-refractivity contribution in [3.05, 3.63) is 0 Å². The monoisotopic (exact) mass is 563 g/mol. The summed E-state index contributed by atoms with van der Waals surface area (Å²) in [7, 11) is 0. The average Bonchev–Trinajstić information content (AvgIpc) is 2.82. The third-order valence-corrected chi connectivity index (χ3v) is 9.07. The molecule has 40 heavy (non-hydrogen) atoms. The molecule has 0 aliphatic heterocycles. The zero-order valence-electron chi connectivity index (χ0n) is 29.1. The highest BCUT2D eigenvalue weighted by molar-refractivity contribution is 5.19. The Labute approximate surface area is 253 Å². The van der Waals surface area contributed by atoms with Gasteiger partial charge in [0, 0.05) is 0 Å². The molecule has 0 saturated heterocycles. The van der Waals surface area contributed by atoms with Gasteiger partial charge in [-0.1, -0.05) is 157 Å². The van der Waals surface area contributed by atoms with E-state index >= 15 is 0 Å². The van der Waals surface area contributed by atoms with Gasteiger partial charge < -0.3 is 10.2 Å². The molecular weight excluding hydrogens is 488 g/mol. The van der Waals surface area contributed by atoms with Crippen LogP contribution in [0.25, 0.3) is 0 Å². The Hall–Kier alpha value is -0.520. The minimum Gasteiger partial charge on any atom is -0.378 e. The third-order valence-electron chi connectivity index (χ3n) is 9.07. The van der Waals surface area contributed by atoms with E-state index in [1.54, 1.807) is 0 Å². The third kappa shape index (κ3) is 25.2. The van der Waals surface area contributed by atoms with E-state index < -0.39 is 11.2 Å². The molecule has 0 spiro atoms. The van der Waals surface area contributed by atoms with Gasteiger partial charge in [0.05, 0.1) is 0 Å². The van der Waals surface area contributed by atoms with Gasteiger partial charge in [-0.25, -0.2) is 0 Å². The summed E-state index contributed by atoms with van der Waals surface area (Å²) in [5.74, 6) is 10.8. The first-order chi connectivity index (χ1) is 18.6. The highest BCUT2D eigenvalue weighted by atomic mass is 16.3. The molecule has 0 aromatic rings. The summed E-state index contributed by atoms with van der Waals surface area (Å²) in [5, 5.41) is 21.6. The fourth-order valence-electron chi connectivity index (χ4n) is 5.94. The van der Waals surface area contributed by atoms with Gasteiger partial charge in [0.1, 0.15) is 11.2 Å². The van der Waals surface area contributed by atoms with E-state index in [-0.39, 0.29) is 0 Å². The summed E-state index contributed by atoms with van der Waals surface area (Å²) >= 11 is 0. The summed E-state index contributed by atoms with van der Waals surface area (Å²) < 4.78 is 0. The molecule has 0 aromatic heterocycles. The molecule has 0 rings (SSSR count). The molecule has 0 aliphatic carbocycles. The minimum absolute atomic E-state index is 0.680. The van der Waals surface area contributed by atoms with Crippen molar-refractivity contribution < 1.29 is 10.2 Å². The van der Waals surface area contributed by atoms with Crippen LogP contribution in [0.4, 0.5) is 0 Å². The first kappa shape index (κ1) is 39.5. The Morgan fingerprint density at radius 2 is 0.625 bits per heavy atom. The van der Waals surface area contributed by atoms with Crippen LogP contribution in [-0.4, -0.2) is 21.4 Å². The van der Waals surface area contributed by atoms with E-state index in [1.165, 1.54) is 77.0 Å². The van der Waals surface area contributed by atoms with Gasteiger partial charge in [-0.15, -0.1) is 0 Å². The second kappa shape index (κ2) is 22.1. The Balaban J connectivity index is 4.13. The molecule has 2 nitrogen and oxygen atoms in total. The summed E-state index contributed by atoms with van der Waals surface area (Å²) in [6, 6.07) is 0. The van der Waals surface area contributed by atoms with E-state index in [4.69, 9.17) is 0 Å². The van der Waals surface area contributed by atoms with Gasteiger partial charge in [0.2, 0.25) is 0 Å². The first-order valence-electron chi connectivity index (χ1n) is 17.6. The van der Waals surface area contributed by atoms with Gasteiger partial charge >= 0.3 is 0 Å². The molecule has 0 radical (unpaired) electrons. The van der Waals surface area contributed by atoms with E-state index in [1.807, 2.05) is 13.8 Å². The second-order valence-electron chi connectivity index (χ2n) is 15.5. The van der Waals surface area contributed by atoms with Gasteiger partial charge in [-0.3, -0.25) is 0 Å². The maximum Gasteiger partial charge on any atom is 0.122 e. The van der Waals surface area contributed by atoms with E-state index in [9.17, 15) is 10.2 Å². The lowest BCUT2D eigenvalue weighted by Crippen LogP contribution is -2.26. The summed E-state index contributed by atoms with van der Waals surface area (Å²) in [5.41, 5.74) is -2.04. The van der Waals surface area contributed by atoms with Crippen molar-refractivity contribution in [1.82, 2.24) is 0 Å². The zero-order chi connectivity index (χ0) is 30.6. The van der Waals surface area contributed by atoms with E-state index in [2.05, 4.69) is 67.2 Å². The maximum absolute atomic E-state index is 10.8. The summed E-state index contributed by atoms with van der Waals surface area (Å²) in [6.07, 6.45) is 21.7. The molecule has 238 valence electrons. The maximum atomic E-state index is 10.8. The fourth-order valence-corrected chi connectivity index (χ4v) is 5.94. The zero-order valence-corrected chi connectivity index (χ0v) is 29.1. The van der Waals surface area contributed by atoms with Crippen LogP contribution in [0.5, 0.6) is 0 Å². The molecule has 6 atom stereocenters. The van der Waals surface area contributed by atoms with E-state index in [0.717, 1.165) is 49.4 Å². The summed E-state index contributed by atoms with van der Waals surface area (Å²) in [4.78, 5) is 0. The Morgan fingerprint density at radius 3 is 0.875 bits per heavy atom. The minimum atomic E-state index is -1.02. The molecule has 2 heteroatoms. The van der Waals surface area contributed by atoms with Crippen LogP contribution < -0.4 is 0 Å². The van der Waals surface area contributed by atoms with Gasteiger partial charge in [0.25, 0.3) is 0 Å². The lowest BCUT2D eigenvalue weighted by molar-refractivity contribution is 0.0954. The van der Waals surface area contributed by atoms with Gasteiger partial charge in [-0.2, -0.15) is 0 Å². The standard InChI is InChI=1S/C38H74O2/c1-31(2)17-11-19-33(5)21-13-23-35(7)25-15-27-37(9,39)29-30-38(10,40)28-16-26-36(8)24-14-22-34(6)20-12-18-32(3)4/h31-36,39-40H,11-28H2,1-10H3. The van der Waals surface area contributed by atoms with Crippen LogP contribution in [0.15, 0.2) is 0 Å². The van der Waals surface area contributed by atoms with Crippen LogP contribution in [0, 0.1) is 47.3 Å². The average molecular weight is 563 g/mol. The molecule has 2 N–H and O–H groups in total. The Kier molecular flexibility index (Phi) is 21.8. The number of aliphatic hydroxyl groups is 2. The first-order valence-corrected chi connectivity index (χ1v) is 17.6. The highest BCUT2D eigenvalue weighted by Crippen LogP contribution is 2.25. The lowest BCUT2D eigenvalue weighted by atomic mass is 9.89. The Bertz CT molecular complexity index is 596. The SMILES string of the molecule is CC(C)CCCC(C)CCCC(C)CCCC(C)(O)C#CC(C)(O)CCCC(C)CCCC(C)CCCC(C)C. The largest absolute Gasteiger partial charge is 0.378 e. The number of hydrogen-bond donors (Lipinski definition) is 2. The predicted molar refractivity (Wildman–Crippen MR) is 178 cm³/mol. The van der Waals surface area contributed by atoms with Crippen molar-refractivity contribution >= 4 is 0 Å². The second-order valence-corrected chi connectivity index (χ2v) is 15.5. The van der Waals surface area contributed by atoms with Crippen molar-refractivity contribution in [2.45, 2.75) is 196 Å². The van der Waals surface area contributed by atoms with Crippen molar-refractivity contribution in [2.75, 3.05) is 0 Å². The fraction of sp³-hybridized carbons (Fsp3) is 0.947. The number of rotatable bonds is 24. The Morgan fingerprint density at radius 1 is 0.400 bits per heavy atom. The van der Waals surface area contributed by atoms with Crippen LogP contribution in [-0.2, 0) is 0 Å². The molecular formula is C38H74O2. The van der Waals surface area contributed by atoms with Crippen molar-refractivity contribution in [1.29, 1.82) is 0 Å². The lowest BCUT2D eigenvalue weighted by Gasteiger charge is -2.21. The van der Waals surface area contributed by atoms with E-state index in [0.29, 0.717) is 24.7 Å². The molecule has 0 heterocycles. The van der Waals surface area contributed by atoms with Gasteiger partial charge in [0.15, 0.2) is 0 Å². The molecule has 0 aliphatic rings. The van der Waals surface area contributed by atoms with Crippen molar-refractivity contribution in [3.63, 3.8) is 0 Å². The van der Waals surface area contributed by atoms with Crippen LogP contribution >= 0.6 is 0 Å². The molecule has 0 aromatic carbocycles. The molecule has 0 saturated carbocycles. The topological polar surface area (TPSA) is 40.5 Å². The van der Waals surface area contributed by atoms with Gasteiger partial charge in [-0.05, 0) is 75.0 Å². The smallest absolute Gasteiger partial charge is 0.122 e. The van der Waals surface area contributed by atoms with Crippen molar-refractivity contribution in [3.8, 4) is 11.8 Å².